The van der Waals surface area contributed by atoms with E-state index in [-0.39, 0.29) is 5.97 Å². The van der Waals surface area contributed by atoms with Crippen LogP contribution in [0.4, 0.5) is 0 Å². The van der Waals surface area contributed by atoms with Crippen molar-refractivity contribution in [3.05, 3.63) is 24.9 Å². The van der Waals surface area contributed by atoms with Crippen molar-refractivity contribution in [2.45, 2.75) is 51.7 Å². The summed E-state index contributed by atoms with van der Waals surface area (Å²) in [6, 6.07) is 0.938. The summed E-state index contributed by atoms with van der Waals surface area (Å²) in [5, 5.41) is 0. The first-order chi connectivity index (χ1) is 9.43. The van der Waals surface area contributed by atoms with Crippen LogP contribution in [0.1, 0.15) is 6.42 Å². The van der Waals surface area contributed by atoms with Crippen LogP contribution in [0.5, 0.6) is 0 Å². The highest BCUT2D eigenvalue weighted by Gasteiger charge is 2.38. The van der Waals surface area contributed by atoms with Gasteiger partial charge in [-0.15, -0.1) is 6.58 Å². The molecule has 0 saturated carbocycles. The number of ether oxygens (including phenoxy) is 1. The van der Waals surface area contributed by atoms with E-state index >= 15 is 0 Å². The van der Waals surface area contributed by atoms with Gasteiger partial charge in [-0.05, 0) is 51.7 Å². The van der Waals surface area contributed by atoms with E-state index in [2.05, 4.69) is 52.4 Å². The lowest BCUT2D eigenvalue weighted by Crippen LogP contribution is -2.51. The monoisotopic (exact) mass is 346 g/mol. The molecule has 0 aliphatic heterocycles. The molecule has 21 heavy (non-hydrogen) atoms. The van der Waals surface area contributed by atoms with E-state index in [9.17, 15) is 4.79 Å². The Balaban J connectivity index is 4.34. The summed E-state index contributed by atoms with van der Waals surface area (Å²) in [6.07, 6.45) is 2.00. The fraction of sp³-hybridized carbons (Fsp3) is 0.643. The van der Waals surface area contributed by atoms with Crippen molar-refractivity contribution in [3.8, 4) is 0 Å². The molecule has 4 nitrogen and oxygen atoms in total. The molecule has 0 unspecified atom stereocenters. The molecule has 0 heterocycles. The Morgan fingerprint density at radius 1 is 1.05 bits per heavy atom. The Morgan fingerprint density at radius 2 is 1.62 bits per heavy atom. The van der Waals surface area contributed by atoms with Gasteiger partial charge in [-0.3, -0.25) is 0 Å². The number of carbonyl (C=O) groups is 1. The van der Waals surface area contributed by atoms with E-state index in [1.807, 2.05) is 5.70 Å². The molecule has 0 atom stereocenters. The standard InChI is InChI=1S/C14H30O4Si3/c1-9-14(15)16-12-11-13-20(5,6)18-21(7,8)17-19(3,4)10-2/h9-10H,1-2,11-13H2,3-8H3. The Bertz CT molecular complexity index is 378. The summed E-state index contributed by atoms with van der Waals surface area (Å²) in [5.41, 5.74) is 1.94. The van der Waals surface area contributed by atoms with Crippen LogP contribution in [-0.2, 0) is 17.8 Å². The summed E-state index contributed by atoms with van der Waals surface area (Å²) < 4.78 is 17.6. The molecule has 0 aliphatic carbocycles. The minimum Gasteiger partial charge on any atom is -0.463 e. The first-order valence-corrected chi connectivity index (χ1v) is 16.2. The minimum absolute atomic E-state index is 0.368. The third-order valence-electron chi connectivity index (χ3n) is 2.86. The van der Waals surface area contributed by atoms with Crippen LogP contribution in [0.3, 0.4) is 0 Å². The van der Waals surface area contributed by atoms with Gasteiger partial charge in [0.25, 0.3) is 0 Å². The lowest BCUT2D eigenvalue weighted by molar-refractivity contribution is -0.137. The zero-order chi connectivity index (χ0) is 16.7. The van der Waals surface area contributed by atoms with Crippen LogP contribution in [0.2, 0.25) is 45.3 Å². The highest BCUT2D eigenvalue weighted by atomic mass is 28.5. The van der Waals surface area contributed by atoms with Crippen LogP contribution in [0.25, 0.3) is 0 Å². The summed E-state index contributed by atoms with van der Waals surface area (Å²) in [6.45, 7) is 20.5. The number of esters is 1. The van der Waals surface area contributed by atoms with Gasteiger partial charge >= 0.3 is 14.5 Å². The molecular weight excluding hydrogens is 316 g/mol. The summed E-state index contributed by atoms with van der Waals surface area (Å²) >= 11 is 0. The third-order valence-corrected chi connectivity index (χ3v) is 13.6. The number of hydrogen-bond acceptors (Lipinski definition) is 4. The summed E-state index contributed by atoms with van der Waals surface area (Å²) in [5.74, 6) is -0.368. The van der Waals surface area contributed by atoms with E-state index in [1.54, 1.807) is 0 Å². The minimum atomic E-state index is -2.16. The fourth-order valence-electron chi connectivity index (χ4n) is 2.14. The highest BCUT2D eigenvalue weighted by molar-refractivity contribution is 6.89. The molecule has 0 radical (unpaired) electrons. The Morgan fingerprint density at radius 3 is 2.10 bits per heavy atom. The molecule has 0 aliphatic rings. The molecule has 0 spiro atoms. The molecule has 0 N–H and O–H groups in total. The lowest BCUT2D eigenvalue weighted by Gasteiger charge is -2.37. The van der Waals surface area contributed by atoms with E-state index < -0.39 is 25.2 Å². The van der Waals surface area contributed by atoms with Crippen molar-refractivity contribution < 1.29 is 17.8 Å². The van der Waals surface area contributed by atoms with Crippen molar-refractivity contribution in [2.75, 3.05) is 6.61 Å². The molecule has 0 saturated heterocycles. The molecule has 0 aromatic rings. The molecular formula is C14H30O4Si3. The first-order valence-electron chi connectivity index (χ1n) is 7.26. The van der Waals surface area contributed by atoms with Gasteiger partial charge in [0.05, 0.1) is 6.61 Å². The maximum atomic E-state index is 11.0. The van der Waals surface area contributed by atoms with Gasteiger partial charge in [-0.1, -0.05) is 12.3 Å². The first kappa shape index (κ1) is 20.5. The van der Waals surface area contributed by atoms with Crippen molar-refractivity contribution in [2.24, 2.45) is 0 Å². The third kappa shape index (κ3) is 9.97. The predicted molar refractivity (Wildman–Crippen MR) is 95.4 cm³/mol. The van der Waals surface area contributed by atoms with Crippen LogP contribution in [-0.4, -0.2) is 37.8 Å². The van der Waals surface area contributed by atoms with E-state index in [4.69, 9.17) is 13.0 Å². The Labute approximate surface area is 132 Å². The number of carbonyl (C=O) groups excluding carboxylic acids is 1. The molecule has 0 aromatic carbocycles. The molecule has 122 valence electrons. The predicted octanol–water partition coefficient (Wildman–Crippen LogP) is 3.98. The zero-order valence-electron chi connectivity index (χ0n) is 14.3. The maximum absolute atomic E-state index is 11.0. The van der Waals surface area contributed by atoms with E-state index in [0.29, 0.717) is 6.61 Å². The van der Waals surface area contributed by atoms with Gasteiger partial charge in [0, 0.05) is 6.08 Å². The second-order valence-corrected chi connectivity index (χ2v) is 18.7. The van der Waals surface area contributed by atoms with Gasteiger partial charge in [0.15, 0.2) is 16.6 Å². The lowest BCUT2D eigenvalue weighted by atomic mass is 10.5. The number of hydrogen-bond donors (Lipinski definition) is 0. The van der Waals surface area contributed by atoms with Crippen molar-refractivity contribution in [1.29, 1.82) is 0 Å². The van der Waals surface area contributed by atoms with Crippen LogP contribution in [0, 0.1) is 0 Å². The van der Waals surface area contributed by atoms with Gasteiger partial charge in [-0.2, -0.15) is 0 Å². The second kappa shape index (κ2) is 8.23. The van der Waals surface area contributed by atoms with Gasteiger partial charge in [-0.25, -0.2) is 4.79 Å². The smallest absolute Gasteiger partial charge is 0.330 e. The van der Waals surface area contributed by atoms with Crippen molar-refractivity contribution in [1.82, 2.24) is 0 Å². The van der Waals surface area contributed by atoms with Crippen LogP contribution >= 0.6 is 0 Å². The molecule has 0 amide bonds. The molecule has 7 heteroatoms. The largest absolute Gasteiger partial charge is 0.463 e. The molecule has 0 bridgehead atoms. The summed E-state index contributed by atoms with van der Waals surface area (Å²) in [7, 11) is -5.81. The average Bonchev–Trinajstić information content (AvgIpc) is 2.31. The van der Waals surface area contributed by atoms with Crippen LogP contribution in [0.15, 0.2) is 24.9 Å². The Kier molecular flexibility index (Phi) is 8.04. The van der Waals surface area contributed by atoms with Gasteiger partial charge in [0.1, 0.15) is 0 Å². The fourth-order valence-corrected chi connectivity index (χ4v) is 14.8. The SMILES string of the molecule is C=CC(=O)OCCC[Si](C)(C)O[Si](C)(C)O[Si](C)(C)C=C. The quantitative estimate of drug-likeness (QED) is 0.260. The van der Waals surface area contributed by atoms with E-state index in [0.717, 1.165) is 12.5 Å². The van der Waals surface area contributed by atoms with E-state index in [1.165, 1.54) is 6.08 Å². The molecule has 0 rings (SSSR count). The average molecular weight is 347 g/mol. The Hall–Kier alpha value is -0.479. The highest BCUT2D eigenvalue weighted by Crippen LogP contribution is 2.24. The van der Waals surface area contributed by atoms with Gasteiger partial charge in [0.2, 0.25) is 0 Å². The van der Waals surface area contributed by atoms with Gasteiger partial charge < -0.3 is 13.0 Å². The van der Waals surface area contributed by atoms with Crippen LogP contribution < -0.4 is 0 Å². The van der Waals surface area contributed by atoms with Crippen molar-refractivity contribution >= 4 is 31.2 Å². The topological polar surface area (TPSA) is 44.8 Å². The number of rotatable bonds is 10. The normalized spacial score (nSPS) is 12.9. The van der Waals surface area contributed by atoms with Crippen molar-refractivity contribution in [3.63, 3.8) is 0 Å². The molecule has 0 fully saturated rings. The molecule has 0 aromatic heterocycles. The zero-order valence-corrected chi connectivity index (χ0v) is 17.3. The second-order valence-electron chi connectivity index (χ2n) is 6.65. The maximum Gasteiger partial charge on any atom is 0.330 e. The summed E-state index contributed by atoms with van der Waals surface area (Å²) in [4.78, 5) is 11.0.